The average molecular weight is 357 g/mol. The van der Waals surface area contributed by atoms with Gasteiger partial charge in [0.25, 0.3) is 5.91 Å². The van der Waals surface area contributed by atoms with Gasteiger partial charge in [0.15, 0.2) is 17.1 Å². The highest BCUT2D eigenvalue weighted by molar-refractivity contribution is 5.89. The van der Waals surface area contributed by atoms with E-state index in [9.17, 15) is 9.59 Å². The Morgan fingerprint density at radius 2 is 1.65 bits per heavy atom. The topological polar surface area (TPSA) is 103 Å². The van der Waals surface area contributed by atoms with Crippen molar-refractivity contribution >= 4 is 17.5 Å². The lowest BCUT2D eigenvalue weighted by molar-refractivity contribution is -0.135. The normalized spacial score (nSPS) is 10.7. The van der Waals surface area contributed by atoms with Gasteiger partial charge in [0, 0.05) is 12.7 Å². The van der Waals surface area contributed by atoms with Crippen LogP contribution in [0, 0.1) is 0 Å². The van der Waals surface area contributed by atoms with Crippen molar-refractivity contribution in [3.05, 3.63) is 48.5 Å². The first kappa shape index (κ1) is 19.1. The minimum atomic E-state index is -1.20. The van der Waals surface area contributed by atoms with Crippen molar-refractivity contribution in [2.24, 2.45) is 0 Å². The summed E-state index contributed by atoms with van der Waals surface area (Å²) in [5, 5.41) is 4.98. The molecule has 0 bridgehead atoms. The van der Waals surface area contributed by atoms with E-state index < -0.39 is 11.5 Å². The van der Waals surface area contributed by atoms with Gasteiger partial charge >= 0.3 is 0 Å². The van der Waals surface area contributed by atoms with Crippen LogP contribution in [0.5, 0.6) is 17.2 Å². The van der Waals surface area contributed by atoms with E-state index in [0.717, 1.165) is 0 Å². The number of hydrogen-bond acceptors (Lipinski definition) is 5. The summed E-state index contributed by atoms with van der Waals surface area (Å²) in [7, 11) is 1.50. The van der Waals surface area contributed by atoms with Gasteiger partial charge in [-0.25, -0.2) is 0 Å². The second-order valence-corrected chi connectivity index (χ2v) is 6.09. The summed E-state index contributed by atoms with van der Waals surface area (Å²) < 4.78 is 11.7. The summed E-state index contributed by atoms with van der Waals surface area (Å²) in [6.45, 7) is 3.12. The van der Waals surface area contributed by atoms with Crippen molar-refractivity contribution in [2.75, 3.05) is 19.3 Å². The number of ether oxygens (including phenoxy) is 2. The van der Waals surface area contributed by atoms with Crippen molar-refractivity contribution in [1.29, 1.82) is 0 Å². The third-order valence-electron chi connectivity index (χ3n) is 3.56. The molecule has 0 atom stereocenters. The molecule has 7 nitrogen and oxygen atoms in total. The highest BCUT2D eigenvalue weighted by Crippen LogP contribution is 2.33. The molecule has 0 heterocycles. The molecule has 0 aromatic heterocycles. The van der Waals surface area contributed by atoms with Crippen LogP contribution in [0.25, 0.3) is 0 Å². The third-order valence-corrected chi connectivity index (χ3v) is 3.56. The molecule has 0 aliphatic heterocycles. The van der Waals surface area contributed by atoms with Gasteiger partial charge in [-0.1, -0.05) is 12.1 Å². The molecule has 0 saturated carbocycles. The number of carbonyl (C=O) groups is 2. The fourth-order valence-corrected chi connectivity index (χ4v) is 2.06. The number of nitrogens with one attached hydrogen (secondary N) is 2. The van der Waals surface area contributed by atoms with E-state index in [1.54, 1.807) is 62.4 Å². The summed E-state index contributed by atoms with van der Waals surface area (Å²) in [6, 6.07) is 14.0. The zero-order valence-corrected chi connectivity index (χ0v) is 15.0. The van der Waals surface area contributed by atoms with Crippen LogP contribution in [0.3, 0.4) is 0 Å². The predicted molar refractivity (Wildman–Crippen MR) is 99.2 cm³/mol. The first-order valence-corrected chi connectivity index (χ1v) is 8.12. The van der Waals surface area contributed by atoms with Gasteiger partial charge in [-0.15, -0.1) is 0 Å². The number of carbonyl (C=O) groups excluding carboxylic acids is 2. The summed E-state index contributed by atoms with van der Waals surface area (Å²) >= 11 is 0. The Morgan fingerprint density at radius 3 is 2.27 bits per heavy atom. The molecule has 0 aliphatic rings. The Hall–Kier alpha value is -3.22. The van der Waals surface area contributed by atoms with Crippen LogP contribution in [-0.4, -0.2) is 31.0 Å². The average Bonchev–Trinajstić information content (AvgIpc) is 2.62. The van der Waals surface area contributed by atoms with Crippen molar-refractivity contribution in [3.63, 3.8) is 0 Å². The molecule has 2 rings (SSSR count). The number of nitrogen functional groups attached to an aromatic ring is 1. The zero-order valence-electron chi connectivity index (χ0n) is 15.0. The Kier molecular flexibility index (Phi) is 6.06. The van der Waals surface area contributed by atoms with Gasteiger partial charge in [0.05, 0.1) is 6.54 Å². The Morgan fingerprint density at radius 1 is 1.04 bits per heavy atom. The van der Waals surface area contributed by atoms with E-state index in [1.165, 1.54) is 7.05 Å². The molecule has 0 radical (unpaired) electrons. The molecule has 2 aromatic carbocycles. The second-order valence-electron chi connectivity index (χ2n) is 6.09. The summed E-state index contributed by atoms with van der Waals surface area (Å²) in [5.41, 5.74) is 5.11. The minimum Gasteiger partial charge on any atom is -0.474 e. The van der Waals surface area contributed by atoms with Crippen molar-refractivity contribution in [3.8, 4) is 17.2 Å². The number of benzene rings is 2. The summed E-state index contributed by atoms with van der Waals surface area (Å²) in [5.74, 6) is 0.760. The van der Waals surface area contributed by atoms with Crippen LogP contribution >= 0.6 is 0 Å². The lowest BCUT2D eigenvalue weighted by Gasteiger charge is -2.26. The fourth-order valence-electron chi connectivity index (χ4n) is 2.06. The highest BCUT2D eigenvalue weighted by Gasteiger charge is 2.31. The van der Waals surface area contributed by atoms with Crippen LogP contribution in [0.15, 0.2) is 48.5 Å². The number of anilines is 1. The minimum absolute atomic E-state index is 0.119. The lowest BCUT2D eigenvalue weighted by atomic mass is 10.1. The van der Waals surface area contributed by atoms with Crippen molar-refractivity contribution in [1.82, 2.24) is 10.6 Å². The number of amides is 2. The van der Waals surface area contributed by atoms with Crippen molar-refractivity contribution < 1.29 is 19.1 Å². The van der Waals surface area contributed by atoms with Gasteiger partial charge in [-0.2, -0.15) is 0 Å². The van der Waals surface area contributed by atoms with E-state index in [0.29, 0.717) is 22.9 Å². The monoisotopic (exact) mass is 357 g/mol. The van der Waals surface area contributed by atoms with E-state index >= 15 is 0 Å². The number of nitrogens with two attached hydrogens (primary N) is 1. The molecule has 2 aromatic rings. The maximum atomic E-state index is 12.3. The number of likely N-dealkylation sites (N-methyl/N-ethyl adjacent to an activating group) is 1. The second kappa shape index (κ2) is 8.24. The molecular formula is C19H23N3O4. The standard InChI is InChI=1S/C19H23N3O4/c1-19(2,18(24)22-12-17(23)21-3)26-16-7-5-4-6-15(16)25-14-10-8-13(20)9-11-14/h4-11H,12,20H2,1-3H3,(H,21,23)(H,22,24). The predicted octanol–water partition coefficient (Wildman–Crippen LogP) is 2.08. The van der Waals surface area contributed by atoms with Crippen LogP contribution < -0.4 is 25.8 Å². The van der Waals surface area contributed by atoms with Gasteiger partial charge < -0.3 is 25.8 Å². The Labute approximate surface area is 152 Å². The van der Waals surface area contributed by atoms with Crippen LogP contribution in [0.4, 0.5) is 5.69 Å². The number of hydrogen-bond donors (Lipinski definition) is 3. The van der Waals surface area contributed by atoms with Gasteiger partial charge in [0.1, 0.15) is 5.75 Å². The van der Waals surface area contributed by atoms with Crippen molar-refractivity contribution in [2.45, 2.75) is 19.4 Å². The third kappa shape index (κ3) is 5.14. The highest BCUT2D eigenvalue weighted by atomic mass is 16.5. The molecule has 4 N–H and O–H groups in total. The Balaban J connectivity index is 2.11. The van der Waals surface area contributed by atoms with Crippen LogP contribution in [-0.2, 0) is 9.59 Å². The van der Waals surface area contributed by atoms with E-state index in [1.807, 2.05) is 0 Å². The maximum Gasteiger partial charge on any atom is 0.264 e. The molecule has 2 amide bonds. The van der Waals surface area contributed by atoms with E-state index in [-0.39, 0.29) is 12.5 Å². The summed E-state index contributed by atoms with van der Waals surface area (Å²) in [6.07, 6.45) is 0. The van der Waals surface area contributed by atoms with Crippen LogP contribution in [0.2, 0.25) is 0 Å². The lowest BCUT2D eigenvalue weighted by Crippen LogP contribution is -2.49. The van der Waals surface area contributed by atoms with Gasteiger partial charge in [0.2, 0.25) is 5.91 Å². The quantitative estimate of drug-likeness (QED) is 0.659. The first-order chi connectivity index (χ1) is 12.3. The summed E-state index contributed by atoms with van der Waals surface area (Å²) in [4.78, 5) is 23.6. The number of para-hydroxylation sites is 2. The molecule has 0 fully saturated rings. The van der Waals surface area contributed by atoms with E-state index in [2.05, 4.69) is 10.6 Å². The zero-order chi connectivity index (χ0) is 19.2. The smallest absolute Gasteiger partial charge is 0.264 e. The van der Waals surface area contributed by atoms with Gasteiger partial charge in [-0.05, 0) is 50.2 Å². The molecule has 138 valence electrons. The molecule has 26 heavy (non-hydrogen) atoms. The molecule has 0 saturated heterocycles. The molecule has 0 spiro atoms. The van der Waals surface area contributed by atoms with Crippen LogP contribution in [0.1, 0.15) is 13.8 Å². The first-order valence-electron chi connectivity index (χ1n) is 8.12. The molecule has 7 heteroatoms. The molecule has 0 aliphatic carbocycles. The SMILES string of the molecule is CNC(=O)CNC(=O)C(C)(C)Oc1ccccc1Oc1ccc(N)cc1. The molecular weight excluding hydrogens is 334 g/mol. The Bertz CT molecular complexity index is 773. The fraction of sp³-hybridized carbons (Fsp3) is 0.263. The maximum absolute atomic E-state index is 12.3. The van der Waals surface area contributed by atoms with E-state index in [4.69, 9.17) is 15.2 Å². The molecule has 0 unspecified atom stereocenters. The largest absolute Gasteiger partial charge is 0.474 e. The van der Waals surface area contributed by atoms with Gasteiger partial charge in [-0.3, -0.25) is 9.59 Å². The number of rotatable bonds is 7.